The summed E-state index contributed by atoms with van der Waals surface area (Å²) in [5.74, 6) is 1.34. The zero-order valence-electron chi connectivity index (χ0n) is 12.6. The summed E-state index contributed by atoms with van der Waals surface area (Å²) in [5.41, 5.74) is 6.31. The van der Waals surface area contributed by atoms with Crippen molar-refractivity contribution in [1.29, 1.82) is 0 Å². The van der Waals surface area contributed by atoms with Gasteiger partial charge in [0, 0.05) is 26.2 Å². The molecular formula is C15H22N4O2. The Morgan fingerprint density at radius 3 is 2.67 bits per heavy atom. The molecule has 0 spiro atoms. The first-order chi connectivity index (χ1) is 9.97. The zero-order chi connectivity index (χ0) is 15.4. The van der Waals surface area contributed by atoms with Gasteiger partial charge in [0.1, 0.15) is 5.82 Å². The van der Waals surface area contributed by atoms with Crippen LogP contribution in [0.1, 0.15) is 19.8 Å². The van der Waals surface area contributed by atoms with Crippen LogP contribution in [0, 0.1) is 0 Å². The Balaban J connectivity index is 1.89. The van der Waals surface area contributed by atoms with E-state index in [4.69, 9.17) is 10.5 Å². The number of rotatable bonds is 3. The number of carbonyl (C=O) groups excluding carboxylic acids is 1. The van der Waals surface area contributed by atoms with E-state index in [2.05, 4.69) is 16.5 Å². The molecule has 0 saturated carbocycles. The zero-order valence-corrected chi connectivity index (χ0v) is 12.6. The van der Waals surface area contributed by atoms with Gasteiger partial charge in [0.25, 0.3) is 0 Å². The van der Waals surface area contributed by atoms with Gasteiger partial charge < -0.3 is 20.3 Å². The highest BCUT2D eigenvalue weighted by molar-refractivity contribution is 5.68. The summed E-state index contributed by atoms with van der Waals surface area (Å²) in [6.07, 6.45) is 3.09. The quantitative estimate of drug-likeness (QED) is 0.864. The first-order valence-electron chi connectivity index (χ1n) is 7.04. The highest BCUT2D eigenvalue weighted by Crippen LogP contribution is 2.21. The minimum atomic E-state index is -0.341. The molecule has 2 rings (SSSR count). The van der Waals surface area contributed by atoms with E-state index in [1.165, 1.54) is 0 Å². The molecule has 1 saturated heterocycles. The normalized spacial score (nSPS) is 15.6. The van der Waals surface area contributed by atoms with Crippen molar-refractivity contribution in [2.75, 3.05) is 30.8 Å². The van der Waals surface area contributed by atoms with Crippen LogP contribution in [0.3, 0.4) is 0 Å². The standard InChI is InChI=1S/C15H22N4O2/c1-11(2)21-15(20)18(3)13-6-8-19(9-7-13)14-5-4-12(16)10-17-14/h4-5,10,13H,1,6-9,16H2,2-3H3. The molecule has 2 heterocycles. The van der Waals surface area contributed by atoms with Crippen molar-refractivity contribution in [1.82, 2.24) is 9.88 Å². The summed E-state index contributed by atoms with van der Waals surface area (Å²) >= 11 is 0. The molecule has 21 heavy (non-hydrogen) atoms. The molecule has 2 N–H and O–H groups in total. The van der Waals surface area contributed by atoms with Crippen LogP contribution in [0.4, 0.5) is 16.3 Å². The van der Waals surface area contributed by atoms with Gasteiger partial charge in [-0.25, -0.2) is 9.78 Å². The van der Waals surface area contributed by atoms with E-state index in [9.17, 15) is 4.79 Å². The second kappa shape index (κ2) is 6.47. The predicted molar refractivity (Wildman–Crippen MR) is 82.9 cm³/mol. The molecule has 0 bridgehead atoms. The number of anilines is 2. The molecule has 0 aromatic carbocycles. The van der Waals surface area contributed by atoms with Crippen LogP contribution in [-0.4, -0.2) is 42.2 Å². The number of hydrogen-bond donors (Lipinski definition) is 1. The fraction of sp³-hybridized carbons (Fsp3) is 0.467. The number of amides is 1. The van der Waals surface area contributed by atoms with Crippen molar-refractivity contribution >= 4 is 17.6 Å². The van der Waals surface area contributed by atoms with Crippen molar-refractivity contribution in [3.8, 4) is 0 Å². The van der Waals surface area contributed by atoms with E-state index in [0.29, 0.717) is 11.4 Å². The lowest BCUT2D eigenvalue weighted by atomic mass is 10.0. The molecule has 6 heteroatoms. The van der Waals surface area contributed by atoms with Crippen LogP contribution in [0.25, 0.3) is 0 Å². The Bertz CT molecular complexity index is 507. The topological polar surface area (TPSA) is 71.7 Å². The maximum absolute atomic E-state index is 11.8. The number of allylic oxidation sites excluding steroid dienone is 1. The third kappa shape index (κ3) is 3.87. The van der Waals surface area contributed by atoms with Crippen LogP contribution in [0.15, 0.2) is 30.7 Å². The van der Waals surface area contributed by atoms with Crippen molar-refractivity contribution in [3.63, 3.8) is 0 Å². The lowest BCUT2D eigenvalue weighted by molar-refractivity contribution is 0.116. The summed E-state index contributed by atoms with van der Waals surface area (Å²) in [6.45, 7) is 6.96. The smallest absolute Gasteiger partial charge is 0.414 e. The number of piperidine rings is 1. The number of nitrogens with zero attached hydrogens (tertiary/aromatic N) is 3. The van der Waals surface area contributed by atoms with Gasteiger partial charge in [0.05, 0.1) is 17.6 Å². The second-order valence-electron chi connectivity index (χ2n) is 5.35. The summed E-state index contributed by atoms with van der Waals surface area (Å²) in [5, 5.41) is 0. The van der Waals surface area contributed by atoms with Gasteiger partial charge in [-0.1, -0.05) is 6.58 Å². The van der Waals surface area contributed by atoms with Gasteiger partial charge in [0.2, 0.25) is 0 Å². The summed E-state index contributed by atoms with van der Waals surface area (Å²) in [4.78, 5) is 20.0. The molecule has 6 nitrogen and oxygen atoms in total. The third-order valence-corrected chi connectivity index (χ3v) is 3.66. The first kappa shape index (κ1) is 15.2. The second-order valence-corrected chi connectivity index (χ2v) is 5.35. The van der Waals surface area contributed by atoms with Gasteiger partial charge in [0.15, 0.2) is 0 Å². The molecule has 1 fully saturated rings. The molecule has 0 atom stereocenters. The van der Waals surface area contributed by atoms with Crippen molar-refractivity contribution in [2.45, 2.75) is 25.8 Å². The summed E-state index contributed by atoms with van der Waals surface area (Å²) < 4.78 is 5.04. The van der Waals surface area contributed by atoms with Gasteiger partial charge in [-0.15, -0.1) is 0 Å². The van der Waals surface area contributed by atoms with E-state index in [-0.39, 0.29) is 12.1 Å². The Morgan fingerprint density at radius 1 is 1.48 bits per heavy atom. The van der Waals surface area contributed by atoms with Crippen molar-refractivity contribution in [2.24, 2.45) is 0 Å². The number of hydrogen-bond acceptors (Lipinski definition) is 5. The summed E-state index contributed by atoms with van der Waals surface area (Å²) in [6, 6.07) is 3.96. The SMILES string of the molecule is C=C(C)OC(=O)N(C)C1CCN(c2ccc(N)cn2)CC1. The van der Waals surface area contributed by atoms with Gasteiger partial charge in [-0.3, -0.25) is 0 Å². The predicted octanol–water partition coefficient (Wildman–Crippen LogP) is 2.23. The lowest BCUT2D eigenvalue weighted by Crippen LogP contribution is -2.45. The van der Waals surface area contributed by atoms with Gasteiger partial charge in [-0.05, 0) is 31.9 Å². The van der Waals surface area contributed by atoms with Crippen LogP contribution < -0.4 is 10.6 Å². The minimum absolute atomic E-state index is 0.182. The van der Waals surface area contributed by atoms with E-state index in [1.807, 2.05) is 12.1 Å². The van der Waals surface area contributed by atoms with Gasteiger partial charge in [-0.2, -0.15) is 0 Å². The Hall–Kier alpha value is -2.24. The van der Waals surface area contributed by atoms with Crippen molar-refractivity contribution < 1.29 is 9.53 Å². The average molecular weight is 290 g/mol. The van der Waals surface area contributed by atoms with E-state index in [1.54, 1.807) is 25.1 Å². The molecular weight excluding hydrogens is 268 g/mol. The van der Waals surface area contributed by atoms with Crippen LogP contribution in [-0.2, 0) is 4.74 Å². The number of pyridine rings is 1. The largest absolute Gasteiger partial charge is 0.416 e. The van der Waals surface area contributed by atoms with E-state index < -0.39 is 0 Å². The molecule has 1 aromatic rings. The maximum Gasteiger partial charge on any atom is 0.414 e. The fourth-order valence-electron chi connectivity index (χ4n) is 2.44. The Kier molecular flexibility index (Phi) is 4.67. The lowest BCUT2D eigenvalue weighted by Gasteiger charge is -2.36. The molecule has 1 aliphatic rings. The van der Waals surface area contributed by atoms with Crippen LogP contribution in [0.5, 0.6) is 0 Å². The molecule has 0 aliphatic carbocycles. The Morgan fingerprint density at radius 2 is 2.14 bits per heavy atom. The highest BCUT2D eigenvalue weighted by Gasteiger charge is 2.26. The van der Waals surface area contributed by atoms with Gasteiger partial charge >= 0.3 is 6.09 Å². The minimum Gasteiger partial charge on any atom is -0.416 e. The molecule has 0 unspecified atom stereocenters. The van der Waals surface area contributed by atoms with Crippen LogP contribution in [0.2, 0.25) is 0 Å². The first-order valence-corrected chi connectivity index (χ1v) is 7.04. The molecule has 0 radical (unpaired) electrons. The molecule has 114 valence electrons. The number of carbonyl (C=O) groups is 1. The number of nitrogens with two attached hydrogens (primary N) is 1. The monoisotopic (exact) mass is 290 g/mol. The molecule has 1 amide bonds. The van der Waals surface area contributed by atoms with E-state index >= 15 is 0 Å². The third-order valence-electron chi connectivity index (χ3n) is 3.66. The number of aromatic nitrogens is 1. The molecule has 1 aliphatic heterocycles. The van der Waals surface area contributed by atoms with Crippen LogP contribution >= 0.6 is 0 Å². The number of nitrogen functional groups attached to an aromatic ring is 1. The maximum atomic E-state index is 11.8. The molecule has 1 aromatic heterocycles. The Labute approximate surface area is 125 Å². The average Bonchev–Trinajstić information content (AvgIpc) is 2.47. The number of ether oxygens (including phenoxy) is 1. The van der Waals surface area contributed by atoms with E-state index in [0.717, 1.165) is 31.7 Å². The summed E-state index contributed by atoms with van der Waals surface area (Å²) in [7, 11) is 1.77. The highest BCUT2D eigenvalue weighted by atomic mass is 16.6. The fourth-order valence-corrected chi connectivity index (χ4v) is 2.44. The van der Waals surface area contributed by atoms with Crippen molar-refractivity contribution in [3.05, 3.63) is 30.7 Å².